The highest BCUT2D eigenvalue weighted by Gasteiger charge is 2.14. The summed E-state index contributed by atoms with van der Waals surface area (Å²) in [5, 5.41) is 11.3. The van der Waals surface area contributed by atoms with Crippen LogP contribution in [0.3, 0.4) is 0 Å². The van der Waals surface area contributed by atoms with Crippen LogP contribution in [0.25, 0.3) is 0 Å². The smallest absolute Gasteiger partial charge is 0.0429 e. The number of piperidine rings is 3. The molecule has 40 heavy (non-hydrogen) atoms. The van der Waals surface area contributed by atoms with Crippen LogP contribution >= 0.6 is 0 Å². The van der Waals surface area contributed by atoms with Gasteiger partial charge in [-0.3, -0.25) is 4.90 Å². The Hall–Kier alpha value is -1.96. The van der Waals surface area contributed by atoms with Crippen LogP contribution < -0.4 is 16.0 Å². The summed E-state index contributed by atoms with van der Waals surface area (Å²) in [6.45, 7) is 14.8. The van der Waals surface area contributed by atoms with Crippen molar-refractivity contribution in [3.05, 3.63) is 59.2 Å². The van der Waals surface area contributed by atoms with Crippen molar-refractivity contribution in [2.45, 2.75) is 77.4 Å². The largest absolute Gasteiger partial charge is 0.355 e. The molecule has 2 aromatic rings. The van der Waals surface area contributed by atoms with E-state index in [1.807, 2.05) is 0 Å². The normalized spacial score (nSPS) is 19.6. The highest BCUT2D eigenvalue weighted by molar-refractivity contribution is 5.64. The van der Waals surface area contributed by atoms with Crippen molar-refractivity contribution in [3.63, 3.8) is 0 Å². The molecule has 5 rings (SSSR count). The van der Waals surface area contributed by atoms with Crippen LogP contribution in [-0.4, -0.2) is 80.1 Å². The Labute approximate surface area is 243 Å². The first-order chi connectivity index (χ1) is 19.8. The summed E-state index contributed by atoms with van der Waals surface area (Å²) >= 11 is 0. The zero-order valence-corrected chi connectivity index (χ0v) is 24.9. The molecule has 3 saturated heterocycles. The van der Waals surface area contributed by atoms with Gasteiger partial charge in [0.25, 0.3) is 0 Å². The Bertz CT molecular complexity index is 947. The van der Waals surface area contributed by atoms with E-state index in [0.717, 1.165) is 45.8 Å². The lowest BCUT2D eigenvalue weighted by Gasteiger charge is -2.27. The quantitative estimate of drug-likeness (QED) is 0.270. The molecular weight excluding hydrogens is 492 g/mol. The van der Waals surface area contributed by atoms with Crippen molar-refractivity contribution in [3.8, 4) is 0 Å². The zero-order valence-electron chi connectivity index (χ0n) is 24.9. The summed E-state index contributed by atoms with van der Waals surface area (Å²) in [5.41, 5.74) is 6.58. The molecule has 0 amide bonds. The van der Waals surface area contributed by atoms with Crippen molar-refractivity contribution in [2.24, 2.45) is 0 Å². The Morgan fingerprint density at radius 3 is 1.60 bits per heavy atom. The fraction of sp³-hybridized carbons (Fsp3) is 0.647. The number of likely N-dealkylation sites (tertiary alicyclic amines) is 3. The molecule has 0 bridgehead atoms. The molecule has 3 aliphatic rings. The van der Waals surface area contributed by atoms with E-state index in [-0.39, 0.29) is 0 Å². The number of para-hydroxylation sites is 1. The molecule has 3 fully saturated rings. The van der Waals surface area contributed by atoms with Gasteiger partial charge in [0, 0.05) is 57.2 Å². The summed E-state index contributed by atoms with van der Waals surface area (Å²) in [6.07, 6.45) is 12.3. The van der Waals surface area contributed by atoms with Gasteiger partial charge in [0.2, 0.25) is 0 Å². The molecule has 3 aliphatic heterocycles. The predicted octanol–water partition coefficient (Wildman–Crippen LogP) is 5.57. The van der Waals surface area contributed by atoms with E-state index in [2.05, 4.69) is 73.1 Å². The van der Waals surface area contributed by atoms with Gasteiger partial charge in [-0.1, -0.05) is 43.5 Å². The molecule has 2 aromatic carbocycles. The van der Waals surface area contributed by atoms with Crippen LogP contribution in [0.15, 0.2) is 42.5 Å². The monoisotopic (exact) mass is 546 g/mol. The first kappa shape index (κ1) is 29.5. The SMILES string of the molecule is c1ccc(Nc2cc(CNCCN3CCCCC3)cc(CNCCN3CCCCC3)c2)c(CN2CCCCC2)c1. The third-order valence-electron chi connectivity index (χ3n) is 8.96. The molecule has 0 unspecified atom stereocenters. The summed E-state index contributed by atoms with van der Waals surface area (Å²) in [6, 6.07) is 16.0. The molecule has 0 atom stereocenters. The predicted molar refractivity (Wildman–Crippen MR) is 169 cm³/mol. The maximum Gasteiger partial charge on any atom is 0.0429 e. The Morgan fingerprint density at radius 2 is 1.05 bits per heavy atom. The maximum atomic E-state index is 3.83. The van der Waals surface area contributed by atoms with E-state index in [9.17, 15) is 0 Å². The molecule has 220 valence electrons. The van der Waals surface area contributed by atoms with E-state index in [4.69, 9.17) is 0 Å². The molecule has 3 heterocycles. The minimum absolute atomic E-state index is 0.916. The number of rotatable bonds is 14. The Morgan fingerprint density at radius 1 is 0.550 bits per heavy atom. The molecule has 0 saturated carbocycles. The van der Waals surface area contributed by atoms with Crippen LogP contribution in [0, 0.1) is 0 Å². The highest BCUT2D eigenvalue weighted by Crippen LogP contribution is 2.25. The fourth-order valence-electron chi connectivity index (χ4n) is 6.64. The third-order valence-corrected chi connectivity index (χ3v) is 8.96. The molecule has 0 spiro atoms. The molecule has 6 heteroatoms. The average Bonchev–Trinajstić information content (AvgIpc) is 3.00. The number of hydrogen-bond acceptors (Lipinski definition) is 6. The lowest BCUT2D eigenvalue weighted by molar-refractivity contribution is 0.221. The third kappa shape index (κ3) is 9.85. The van der Waals surface area contributed by atoms with E-state index >= 15 is 0 Å². The Kier molecular flexibility index (Phi) is 12.2. The zero-order chi connectivity index (χ0) is 27.2. The minimum Gasteiger partial charge on any atom is -0.355 e. The molecule has 3 N–H and O–H groups in total. The van der Waals surface area contributed by atoms with Crippen LogP contribution in [0.1, 0.15) is 74.5 Å². The lowest BCUT2D eigenvalue weighted by atomic mass is 10.1. The van der Waals surface area contributed by atoms with Gasteiger partial charge in [0.15, 0.2) is 0 Å². The first-order valence-electron chi connectivity index (χ1n) is 16.4. The van der Waals surface area contributed by atoms with Gasteiger partial charge in [-0.25, -0.2) is 0 Å². The summed E-state index contributed by atoms with van der Waals surface area (Å²) in [4.78, 5) is 7.85. The molecular formula is C34H54N6. The number of anilines is 2. The van der Waals surface area contributed by atoms with Crippen LogP contribution in [-0.2, 0) is 19.6 Å². The van der Waals surface area contributed by atoms with Gasteiger partial charge >= 0.3 is 0 Å². The standard InChI is InChI=1S/C34H54N6/c1-6-16-38(17-7-1)22-14-35-27-30-24-31(28-36-15-23-39-18-8-2-9-19-39)26-33(25-30)37-34-13-5-4-12-32(34)29-40-20-10-3-11-21-40/h4-5,12-13,24-26,35-37H,1-3,6-11,14-23,27-29H2. The van der Waals surface area contributed by atoms with Crippen LogP contribution in [0.2, 0.25) is 0 Å². The second-order valence-electron chi connectivity index (χ2n) is 12.3. The number of nitrogens with zero attached hydrogens (tertiary/aromatic N) is 3. The van der Waals surface area contributed by atoms with Gasteiger partial charge in [-0.15, -0.1) is 0 Å². The molecule has 0 aromatic heterocycles. The summed E-state index contributed by atoms with van der Waals surface area (Å²) in [5.74, 6) is 0. The second-order valence-corrected chi connectivity index (χ2v) is 12.3. The number of benzene rings is 2. The minimum atomic E-state index is 0.916. The molecule has 0 radical (unpaired) electrons. The average molecular weight is 547 g/mol. The van der Waals surface area contributed by atoms with Crippen molar-refractivity contribution in [2.75, 3.05) is 70.8 Å². The molecule has 6 nitrogen and oxygen atoms in total. The van der Waals surface area contributed by atoms with Crippen molar-refractivity contribution in [1.29, 1.82) is 0 Å². The number of nitrogens with one attached hydrogen (secondary N) is 3. The van der Waals surface area contributed by atoms with E-state index in [0.29, 0.717) is 0 Å². The van der Waals surface area contributed by atoms with Gasteiger partial charge in [-0.05, 0) is 113 Å². The van der Waals surface area contributed by atoms with Crippen molar-refractivity contribution in [1.82, 2.24) is 25.3 Å². The van der Waals surface area contributed by atoms with E-state index in [1.165, 1.54) is 125 Å². The van der Waals surface area contributed by atoms with Crippen LogP contribution in [0.4, 0.5) is 11.4 Å². The summed E-state index contributed by atoms with van der Waals surface area (Å²) < 4.78 is 0. The van der Waals surface area contributed by atoms with Gasteiger partial charge in [0.1, 0.15) is 0 Å². The van der Waals surface area contributed by atoms with Crippen LogP contribution in [0.5, 0.6) is 0 Å². The van der Waals surface area contributed by atoms with Gasteiger partial charge in [0.05, 0.1) is 0 Å². The summed E-state index contributed by atoms with van der Waals surface area (Å²) in [7, 11) is 0. The second kappa shape index (κ2) is 16.5. The maximum absolute atomic E-state index is 3.83. The van der Waals surface area contributed by atoms with Crippen molar-refractivity contribution >= 4 is 11.4 Å². The first-order valence-corrected chi connectivity index (χ1v) is 16.4. The van der Waals surface area contributed by atoms with Gasteiger partial charge in [-0.2, -0.15) is 0 Å². The van der Waals surface area contributed by atoms with E-state index in [1.54, 1.807) is 0 Å². The highest BCUT2D eigenvalue weighted by atomic mass is 15.1. The number of hydrogen-bond donors (Lipinski definition) is 3. The lowest BCUT2D eigenvalue weighted by Crippen LogP contribution is -2.35. The van der Waals surface area contributed by atoms with Crippen molar-refractivity contribution < 1.29 is 0 Å². The Balaban J connectivity index is 1.20. The fourth-order valence-corrected chi connectivity index (χ4v) is 6.64. The molecule has 0 aliphatic carbocycles. The van der Waals surface area contributed by atoms with E-state index < -0.39 is 0 Å². The van der Waals surface area contributed by atoms with Gasteiger partial charge < -0.3 is 25.8 Å². The topological polar surface area (TPSA) is 45.8 Å².